The predicted octanol–water partition coefficient (Wildman–Crippen LogP) is 4.71. The first-order valence-corrected chi connectivity index (χ1v) is 9.60. The number of rotatable bonds is 3. The largest absolute Gasteiger partial charge is 0.507 e. The molecule has 0 bridgehead atoms. The molecular formula is C23H25NO3. The number of hydrogen-bond donors (Lipinski definition) is 1. The van der Waals surface area contributed by atoms with Crippen LogP contribution in [0.5, 0.6) is 5.75 Å². The van der Waals surface area contributed by atoms with Crippen molar-refractivity contribution in [3.63, 3.8) is 0 Å². The van der Waals surface area contributed by atoms with E-state index in [9.17, 15) is 9.90 Å². The third-order valence-electron chi connectivity index (χ3n) is 5.50. The van der Waals surface area contributed by atoms with Crippen molar-refractivity contribution in [2.24, 2.45) is 5.92 Å². The van der Waals surface area contributed by atoms with E-state index in [1.165, 1.54) is 6.42 Å². The van der Waals surface area contributed by atoms with E-state index < -0.39 is 0 Å². The molecule has 1 atom stereocenters. The standard InChI is InChI=1S/C23H25NO3/c1-15-7-6-12-24(13-15)14-19-20(25)11-10-18-22(26)21(16(2)27-23(18)19)17-8-4-3-5-9-17/h3-5,8-11,15,25H,6-7,12-14H2,1-2H3/t15-/m0/s1. The lowest BCUT2D eigenvalue weighted by Crippen LogP contribution is -2.33. The van der Waals surface area contributed by atoms with Gasteiger partial charge in [-0.1, -0.05) is 37.3 Å². The number of aromatic hydroxyl groups is 1. The van der Waals surface area contributed by atoms with Crippen molar-refractivity contribution in [1.29, 1.82) is 0 Å². The summed E-state index contributed by atoms with van der Waals surface area (Å²) in [5.41, 5.74) is 2.61. The molecule has 1 saturated heterocycles. The van der Waals surface area contributed by atoms with Crippen LogP contribution in [0.25, 0.3) is 22.1 Å². The molecule has 1 aliphatic heterocycles. The Balaban J connectivity index is 1.84. The maximum Gasteiger partial charge on any atom is 0.200 e. The highest BCUT2D eigenvalue weighted by atomic mass is 16.3. The van der Waals surface area contributed by atoms with E-state index in [4.69, 9.17) is 4.42 Å². The summed E-state index contributed by atoms with van der Waals surface area (Å²) in [7, 11) is 0. The van der Waals surface area contributed by atoms with Gasteiger partial charge in [0.15, 0.2) is 0 Å². The second-order valence-electron chi connectivity index (χ2n) is 7.65. The zero-order valence-corrected chi connectivity index (χ0v) is 15.9. The van der Waals surface area contributed by atoms with Gasteiger partial charge < -0.3 is 9.52 Å². The van der Waals surface area contributed by atoms with Crippen LogP contribution in [0.2, 0.25) is 0 Å². The van der Waals surface area contributed by atoms with E-state index >= 15 is 0 Å². The first-order valence-electron chi connectivity index (χ1n) is 9.60. The average molecular weight is 363 g/mol. The second-order valence-corrected chi connectivity index (χ2v) is 7.65. The number of piperidine rings is 1. The minimum atomic E-state index is -0.0480. The van der Waals surface area contributed by atoms with E-state index in [0.717, 1.165) is 25.1 Å². The van der Waals surface area contributed by atoms with Crippen molar-refractivity contribution in [3.8, 4) is 16.9 Å². The monoisotopic (exact) mass is 363 g/mol. The van der Waals surface area contributed by atoms with Gasteiger partial charge in [0.05, 0.1) is 16.5 Å². The number of hydrogen-bond acceptors (Lipinski definition) is 4. The van der Waals surface area contributed by atoms with Crippen LogP contribution in [-0.2, 0) is 6.54 Å². The molecule has 1 aliphatic rings. The minimum Gasteiger partial charge on any atom is -0.507 e. The lowest BCUT2D eigenvalue weighted by Gasteiger charge is -2.31. The lowest BCUT2D eigenvalue weighted by atomic mass is 9.98. The molecule has 4 rings (SSSR count). The molecule has 27 heavy (non-hydrogen) atoms. The fourth-order valence-electron chi connectivity index (χ4n) is 4.16. The normalized spacial score (nSPS) is 18.1. The number of likely N-dealkylation sites (tertiary alicyclic amines) is 1. The highest BCUT2D eigenvalue weighted by Gasteiger charge is 2.22. The van der Waals surface area contributed by atoms with Gasteiger partial charge in [-0.3, -0.25) is 9.69 Å². The SMILES string of the molecule is Cc1oc2c(CN3CCC[C@H](C)C3)c(O)ccc2c(=O)c1-c1ccccc1. The van der Waals surface area contributed by atoms with E-state index in [1.807, 2.05) is 37.3 Å². The lowest BCUT2D eigenvalue weighted by molar-refractivity contribution is 0.175. The van der Waals surface area contributed by atoms with Crippen LogP contribution >= 0.6 is 0 Å². The number of benzene rings is 2. The molecule has 1 N–H and O–H groups in total. The van der Waals surface area contributed by atoms with Gasteiger partial charge in [-0.25, -0.2) is 0 Å². The Morgan fingerprint density at radius 3 is 2.70 bits per heavy atom. The van der Waals surface area contributed by atoms with Crippen molar-refractivity contribution in [2.75, 3.05) is 13.1 Å². The number of aryl methyl sites for hydroxylation is 1. The van der Waals surface area contributed by atoms with Crippen molar-refractivity contribution in [2.45, 2.75) is 33.2 Å². The first-order chi connectivity index (χ1) is 13.0. The molecular weight excluding hydrogens is 338 g/mol. The third kappa shape index (κ3) is 3.37. The smallest absolute Gasteiger partial charge is 0.200 e. The zero-order chi connectivity index (χ0) is 19.0. The summed E-state index contributed by atoms with van der Waals surface area (Å²) < 4.78 is 6.12. The highest BCUT2D eigenvalue weighted by molar-refractivity contribution is 5.86. The summed E-state index contributed by atoms with van der Waals surface area (Å²) in [5.74, 6) is 1.42. The van der Waals surface area contributed by atoms with Gasteiger partial charge in [-0.15, -0.1) is 0 Å². The molecule has 0 aliphatic carbocycles. The summed E-state index contributed by atoms with van der Waals surface area (Å²) in [4.78, 5) is 15.5. The van der Waals surface area contributed by atoms with Crippen molar-refractivity contribution >= 4 is 11.0 Å². The third-order valence-corrected chi connectivity index (χ3v) is 5.50. The average Bonchev–Trinajstić information content (AvgIpc) is 2.65. The maximum absolute atomic E-state index is 13.2. The van der Waals surface area contributed by atoms with Gasteiger partial charge in [-0.2, -0.15) is 0 Å². The van der Waals surface area contributed by atoms with Gasteiger partial charge in [-0.05, 0) is 49.9 Å². The Kier molecular flexibility index (Phi) is 4.75. The Labute approximate surface area is 159 Å². The van der Waals surface area contributed by atoms with Crippen LogP contribution in [0, 0.1) is 12.8 Å². The molecule has 140 valence electrons. The predicted molar refractivity (Wildman–Crippen MR) is 108 cm³/mol. The van der Waals surface area contributed by atoms with Gasteiger partial charge in [0.25, 0.3) is 0 Å². The molecule has 4 heteroatoms. The summed E-state index contributed by atoms with van der Waals surface area (Å²) in [6.07, 6.45) is 2.40. The van der Waals surface area contributed by atoms with Crippen LogP contribution in [0.3, 0.4) is 0 Å². The molecule has 0 saturated carbocycles. The molecule has 0 unspecified atom stereocenters. The van der Waals surface area contributed by atoms with Crippen LogP contribution in [0.15, 0.2) is 51.7 Å². The van der Waals surface area contributed by atoms with Gasteiger partial charge >= 0.3 is 0 Å². The van der Waals surface area contributed by atoms with E-state index in [0.29, 0.717) is 40.3 Å². The van der Waals surface area contributed by atoms with E-state index in [1.54, 1.807) is 12.1 Å². The Hall–Kier alpha value is -2.59. The minimum absolute atomic E-state index is 0.0480. The number of phenols is 1. The second kappa shape index (κ2) is 7.20. The molecule has 0 radical (unpaired) electrons. The Morgan fingerprint density at radius 1 is 1.19 bits per heavy atom. The molecule has 4 nitrogen and oxygen atoms in total. The van der Waals surface area contributed by atoms with E-state index in [-0.39, 0.29) is 11.2 Å². The Bertz CT molecular complexity index is 1020. The quantitative estimate of drug-likeness (QED) is 0.732. The van der Waals surface area contributed by atoms with Gasteiger partial charge in [0.2, 0.25) is 5.43 Å². The van der Waals surface area contributed by atoms with Crippen LogP contribution < -0.4 is 5.43 Å². The number of phenolic OH excluding ortho intramolecular Hbond substituents is 1. The molecule has 2 aromatic carbocycles. The number of nitrogens with zero attached hydrogens (tertiary/aromatic N) is 1. The highest BCUT2D eigenvalue weighted by Crippen LogP contribution is 2.32. The van der Waals surface area contributed by atoms with Gasteiger partial charge in [0.1, 0.15) is 17.1 Å². The van der Waals surface area contributed by atoms with Crippen LogP contribution in [0.1, 0.15) is 31.1 Å². The molecule has 1 fully saturated rings. The van der Waals surface area contributed by atoms with Gasteiger partial charge in [0, 0.05) is 13.1 Å². The van der Waals surface area contributed by atoms with E-state index in [2.05, 4.69) is 11.8 Å². The summed E-state index contributed by atoms with van der Waals surface area (Å²) >= 11 is 0. The summed E-state index contributed by atoms with van der Waals surface area (Å²) in [6.45, 7) is 6.68. The van der Waals surface area contributed by atoms with Crippen LogP contribution in [-0.4, -0.2) is 23.1 Å². The fourth-order valence-corrected chi connectivity index (χ4v) is 4.16. The topological polar surface area (TPSA) is 53.7 Å². The molecule has 0 amide bonds. The first kappa shape index (κ1) is 17.8. The zero-order valence-electron chi connectivity index (χ0n) is 15.9. The van der Waals surface area contributed by atoms with Crippen molar-refractivity contribution < 1.29 is 9.52 Å². The van der Waals surface area contributed by atoms with Crippen molar-refractivity contribution in [3.05, 3.63) is 64.0 Å². The Morgan fingerprint density at radius 2 is 1.96 bits per heavy atom. The fraction of sp³-hybridized carbons (Fsp3) is 0.348. The molecule has 3 aromatic rings. The van der Waals surface area contributed by atoms with Crippen LogP contribution in [0.4, 0.5) is 0 Å². The number of fused-ring (bicyclic) bond motifs is 1. The molecule has 0 spiro atoms. The van der Waals surface area contributed by atoms with Crippen molar-refractivity contribution in [1.82, 2.24) is 4.90 Å². The maximum atomic E-state index is 13.2. The molecule has 2 heterocycles. The summed E-state index contributed by atoms with van der Waals surface area (Å²) in [5, 5.41) is 11.0. The summed E-state index contributed by atoms with van der Waals surface area (Å²) in [6, 6.07) is 12.9. The molecule has 1 aromatic heterocycles.